The molecule has 0 bridgehead atoms. The van der Waals surface area contributed by atoms with Gasteiger partial charge in [0.25, 0.3) is 0 Å². The molecule has 2 aliphatic rings. The van der Waals surface area contributed by atoms with E-state index in [2.05, 4.69) is 5.32 Å². The number of hydrogen-bond acceptors (Lipinski definition) is 9. The summed E-state index contributed by atoms with van der Waals surface area (Å²) in [6, 6.07) is 5.27. The monoisotopic (exact) mass is 397 g/mol. The van der Waals surface area contributed by atoms with Crippen LogP contribution in [0.3, 0.4) is 0 Å². The standard InChI is InChI=1S/C18H25N2O8/c1-10(21)19-14-15(22)16-13(9-26-18(2,3)28-16)27-17(14)25-8-11-4-6-12(7-5-11)20(23)24/h4-7,13-17,22-23H,8-9H2,1-3H3,(H,19,21)/q-1/t13-,14-,15+,16-,17+/m1/s1. The summed E-state index contributed by atoms with van der Waals surface area (Å²) in [4.78, 5) is 11.6. The minimum atomic E-state index is -1.05. The second kappa shape index (κ2) is 8.29. The molecule has 5 atom stereocenters. The summed E-state index contributed by atoms with van der Waals surface area (Å²) in [6.07, 6.45) is -3.21. The third-order valence-electron chi connectivity index (χ3n) is 4.63. The number of nitrogens with one attached hydrogen (secondary N) is 1. The van der Waals surface area contributed by atoms with Crippen molar-refractivity contribution in [1.82, 2.24) is 5.32 Å². The molecule has 0 unspecified atom stereocenters. The van der Waals surface area contributed by atoms with Crippen molar-refractivity contribution in [2.24, 2.45) is 0 Å². The third-order valence-corrected chi connectivity index (χ3v) is 4.63. The van der Waals surface area contributed by atoms with Crippen molar-refractivity contribution in [1.29, 1.82) is 0 Å². The molecule has 3 N–H and O–H groups in total. The lowest BCUT2D eigenvalue weighted by atomic mass is 9.95. The molecule has 2 heterocycles. The number of anilines is 1. The summed E-state index contributed by atoms with van der Waals surface area (Å²) >= 11 is 0. The van der Waals surface area contributed by atoms with E-state index in [9.17, 15) is 15.1 Å². The molecule has 2 fully saturated rings. The van der Waals surface area contributed by atoms with Crippen molar-refractivity contribution in [3.8, 4) is 0 Å². The van der Waals surface area contributed by atoms with E-state index in [1.54, 1.807) is 26.0 Å². The van der Waals surface area contributed by atoms with Gasteiger partial charge in [0.15, 0.2) is 12.1 Å². The largest absolute Gasteiger partial charge is 0.733 e. The SMILES string of the molecule is CC(=O)N[C@H]1[C@@H](OCc2ccc(N([O-])O)cc2)O[C@@H]2COC(C)(C)O[C@H]2[C@H]1O. The Morgan fingerprint density at radius 3 is 2.68 bits per heavy atom. The summed E-state index contributed by atoms with van der Waals surface area (Å²) in [6.45, 7) is 5.14. The van der Waals surface area contributed by atoms with Crippen LogP contribution in [0.25, 0.3) is 0 Å². The predicted molar refractivity (Wildman–Crippen MR) is 96.0 cm³/mol. The van der Waals surface area contributed by atoms with E-state index in [0.29, 0.717) is 5.56 Å². The first-order valence-corrected chi connectivity index (χ1v) is 8.95. The van der Waals surface area contributed by atoms with Gasteiger partial charge in [0.2, 0.25) is 5.91 Å². The predicted octanol–water partition coefficient (Wildman–Crippen LogP) is 0.639. The molecular weight excluding hydrogens is 372 g/mol. The summed E-state index contributed by atoms with van der Waals surface area (Å²) in [7, 11) is 0. The number of nitrogens with zero attached hydrogens (tertiary/aromatic N) is 1. The second-order valence-electron chi connectivity index (χ2n) is 7.30. The number of carbonyl (C=O) groups excluding carboxylic acids is 1. The van der Waals surface area contributed by atoms with Gasteiger partial charge in [0.1, 0.15) is 24.4 Å². The van der Waals surface area contributed by atoms with Gasteiger partial charge in [-0.05, 0) is 31.5 Å². The van der Waals surface area contributed by atoms with Gasteiger partial charge in [-0.25, -0.2) is 0 Å². The van der Waals surface area contributed by atoms with Crippen LogP contribution in [0.5, 0.6) is 0 Å². The Morgan fingerprint density at radius 2 is 2.07 bits per heavy atom. The third kappa shape index (κ3) is 4.78. The van der Waals surface area contributed by atoms with Crippen molar-refractivity contribution in [3.05, 3.63) is 35.0 Å². The molecule has 0 spiro atoms. The topological polar surface area (TPSA) is 133 Å². The van der Waals surface area contributed by atoms with E-state index in [1.807, 2.05) is 0 Å². The van der Waals surface area contributed by atoms with Crippen molar-refractivity contribution >= 4 is 11.6 Å². The fourth-order valence-electron chi connectivity index (χ4n) is 3.27. The fourth-order valence-corrected chi connectivity index (χ4v) is 3.27. The van der Waals surface area contributed by atoms with Crippen LogP contribution in [0, 0.1) is 5.21 Å². The van der Waals surface area contributed by atoms with Crippen LogP contribution < -0.4 is 10.5 Å². The highest BCUT2D eigenvalue weighted by Crippen LogP contribution is 2.33. The highest BCUT2D eigenvalue weighted by atomic mass is 16.8. The van der Waals surface area contributed by atoms with Gasteiger partial charge in [-0.2, -0.15) is 0 Å². The molecule has 28 heavy (non-hydrogen) atoms. The van der Waals surface area contributed by atoms with Gasteiger partial charge < -0.3 is 39.8 Å². The van der Waals surface area contributed by atoms with Gasteiger partial charge in [0.05, 0.1) is 18.9 Å². The maximum Gasteiger partial charge on any atom is 0.217 e. The molecule has 156 valence electrons. The Morgan fingerprint density at radius 1 is 1.39 bits per heavy atom. The van der Waals surface area contributed by atoms with Gasteiger partial charge in [-0.1, -0.05) is 12.1 Å². The number of carbonyl (C=O) groups is 1. The highest BCUT2D eigenvalue weighted by molar-refractivity contribution is 5.73. The maximum atomic E-state index is 11.6. The highest BCUT2D eigenvalue weighted by Gasteiger charge is 2.51. The quantitative estimate of drug-likeness (QED) is 0.612. The molecule has 10 heteroatoms. The fraction of sp³-hybridized carbons (Fsp3) is 0.611. The molecule has 1 amide bonds. The number of hydrogen-bond donors (Lipinski definition) is 3. The first-order valence-electron chi connectivity index (χ1n) is 8.95. The van der Waals surface area contributed by atoms with Gasteiger partial charge in [-0.3, -0.25) is 10.0 Å². The minimum absolute atomic E-state index is 0.0890. The summed E-state index contributed by atoms with van der Waals surface area (Å²) in [5.41, 5.74) is 0.802. The average molecular weight is 397 g/mol. The lowest BCUT2D eigenvalue weighted by Crippen LogP contribution is -2.68. The Bertz CT molecular complexity index is 681. The Kier molecular flexibility index (Phi) is 6.20. The number of amides is 1. The zero-order chi connectivity index (χ0) is 20.5. The zero-order valence-electron chi connectivity index (χ0n) is 15.9. The molecule has 0 saturated carbocycles. The van der Waals surface area contributed by atoms with Crippen LogP contribution in [0.1, 0.15) is 26.3 Å². The number of rotatable bonds is 5. The van der Waals surface area contributed by atoms with E-state index in [1.165, 1.54) is 19.1 Å². The van der Waals surface area contributed by atoms with E-state index >= 15 is 0 Å². The zero-order valence-corrected chi connectivity index (χ0v) is 15.9. The van der Waals surface area contributed by atoms with Crippen LogP contribution in [0.15, 0.2) is 24.3 Å². The first kappa shape index (κ1) is 20.9. The first-order chi connectivity index (χ1) is 13.2. The number of ether oxygens (including phenoxy) is 4. The Labute approximate surface area is 162 Å². The Balaban J connectivity index is 1.70. The second-order valence-corrected chi connectivity index (χ2v) is 7.30. The van der Waals surface area contributed by atoms with Crippen LogP contribution in [0.2, 0.25) is 0 Å². The van der Waals surface area contributed by atoms with E-state index in [0.717, 1.165) is 0 Å². The molecule has 1 aromatic rings. The van der Waals surface area contributed by atoms with Crippen molar-refractivity contribution in [3.63, 3.8) is 0 Å². The van der Waals surface area contributed by atoms with Gasteiger partial charge in [-0.15, -0.1) is 0 Å². The number of benzene rings is 1. The lowest BCUT2D eigenvalue weighted by molar-refractivity contribution is -0.369. The molecule has 3 rings (SSSR count). The van der Waals surface area contributed by atoms with Gasteiger partial charge in [0, 0.05) is 6.92 Å². The number of aliphatic hydroxyl groups excluding tert-OH is 1. The molecule has 0 aromatic heterocycles. The molecule has 10 nitrogen and oxygen atoms in total. The molecule has 1 aromatic carbocycles. The van der Waals surface area contributed by atoms with E-state index in [-0.39, 0.29) is 30.0 Å². The summed E-state index contributed by atoms with van der Waals surface area (Å²) < 4.78 is 23.1. The molecule has 0 radical (unpaired) electrons. The smallest absolute Gasteiger partial charge is 0.217 e. The lowest BCUT2D eigenvalue weighted by Gasteiger charge is -2.49. The molecular formula is C18H25N2O8-. The Hall–Kier alpha value is -1.79. The van der Waals surface area contributed by atoms with E-state index in [4.69, 9.17) is 24.2 Å². The van der Waals surface area contributed by atoms with Crippen molar-refractivity contribution in [2.45, 2.75) is 63.8 Å². The normalized spacial score (nSPS) is 31.7. The van der Waals surface area contributed by atoms with Gasteiger partial charge >= 0.3 is 0 Å². The van der Waals surface area contributed by atoms with Crippen LogP contribution >= 0.6 is 0 Å². The summed E-state index contributed by atoms with van der Waals surface area (Å²) in [5, 5.41) is 32.9. The summed E-state index contributed by atoms with van der Waals surface area (Å²) in [5.74, 6) is -1.21. The van der Waals surface area contributed by atoms with Crippen molar-refractivity contribution in [2.75, 3.05) is 11.8 Å². The van der Waals surface area contributed by atoms with Crippen LogP contribution in [0.4, 0.5) is 5.69 Å². The number of aliphatic hydroxyl groups is 1. The molecule has 2 aliphatic heterocycles. The van der Waals surface area contributed by atoms with Crippen molar-refractivity contribution < 1.29 is 34.1 Å². The molecule has 0 aliphatic carbocycles. The average Bonchev–Trinajstić information content (AvgIpc) is 2.63. The maximum absolute atomic E-state index is 11.6. The van der Waals surface area contributed by atoms with E-state index < -0.39 is 36.4 Å². The van der Waals surface area contributed by atoms with Crippen LogP contribution in [-0.2, 0) is 30.3 Å². The minimum Gasteiger partial charge on any atom is -0.733 e. The molecule has 2 saturated heterocycles. The number of fused-ring (bicyclic) bond motifs is 1. The van der Waals surface area contributed by atoms with Crippen LogP contribution in [-0.4, -0.2) is 59.3 Å².